The summed E-state index contributed by atoms with van der Waals surface area (Å²) in [6, 6.07) is 8.42. The van der Waals surface area contributed by atoms with E-state index >= 15 is 0 Å². The lowest BCUT2D eigenvalue weighted by Crippen LogP contribution is -2.28. The summed E-state index contributed by atoms with van der Waals surface area (Å²) in [5, 5.41) is 9.15. The van der Waals surface area contributed by atoms with Gasteiger partial charge >= 0.3 is 5.97 Å². The van der Waals surface area contributed by atoms with Crippen molar-refractivity contribution in [2.45, 2.75) is 4.90 Å². The second kappa shape index (κ2) is 5.41. The average molecular weight is 307 g/mol. The number of pyridine rings is 1. The van der Waals surface area contributed by atoms with Crippen molar-refractivity contribution in [3.05, 3.63) is 48.2 Å². The van der Waals surface area contributed by atoms with Crippen LogP contribution in [0.3, 0.4) is 0 Å². The van der Waals surface area contributed by atoms with Crippen LogP contribution in [0, 0.1) is 0 Å². The molecule has 7 nitrogen and oxygen atoms in total. The number of anilines is 2. The molecule has 1 aromatic carbocycles. The van der Waals surface area contributed by atoms with Crippen LogP contribution < -0.4 is 10.0 Å². The standard InChI is InChI=1S/C13H13N3O4S/c1-16(12-4-2-3-7-15-12)21(19,20)11-6-5-9(14)8-10(11)13(17)18/h2-8H,14H2,1H3,(H,17,18). The highest BCUT2D eigenvalue weighted by atomic mass is 32.2. The fourth-order valence-corrected chi connectivity index (χ4v) is 3.06. The fourth-order valence-electron chi connectivity index (χ4n) is 1.75. The summed E-state index contributed by atoms with van der Waals surface area (Å²) < 4.78 is 26.0. The molecule has 1 heterocycles. The van der Waals surface area contributed by atoms with Gasteiger partial charge in [-0.2, -0.15) is 0 Å². The van der Waals surface area contributed by atoms with E-state index in [1.54, 1.807) is 12.1 Å². The molecule has 0 aliphatic carbocycles. The molecule has 0 saturated heterocycles. The molecule has 110 valence electrons. The van der Waals surface area contributed by atoms with Crippen LogP contribution in [0.25, 0.3) is 0 Å². The van der Waals surface area contributed by atoms with Crippen molar-refractivity contribution in [1.82, 2.24) is 4.98 Å². The summed E-state index contributed by atoms with van der Waals surface area (Å²) in [6.45, 7) is 0. The number of nitrogen functional groups attached to an aromatic ring is 1. The number of carbonyl (C=O) groups is 1. The van der Waals surface area contributed by atoms with Crippen molar-refractivity contribution in [3.8, 4) is 0 Å². The number of hydrogen-bond acceptors (Lipinski definition) is 5. The summed E-state index contributed by atoms with van der Waals surface area (Å²) in [5.41, 5.74) is 5.31. The van der Waals surface area contributed by atoms with Crippen molar-refractivity contribution >= 4 is 27.5 Å². The predicted octanol–water partition coefficient (Wildman–Crippen LogP) is 1.19. The molecule has 0 spiro atoms. The molecule has 1 aromatic heterocycles. The highest BCUT2D eigenvalue weighted by molar-refractivity contribution is 7.92. The fraction of sp³-hybridized carbons (Fsp3) is 0.0769. The molecule has 2 aromatic rings. The molecule has 0 unspecified atom stereocenters. The largest absolute Gasteiger partial charge is 0.478 e. The van der Waals surface area contributed by atoms with Crippen LogP contribution >= 0.6 is 0 Å². The maximum absolute atomic E-state index is 12.6. The molecule has 3 N–H and O–H groups in total. The van der Waals surface area contributed by atoms with Crippen molar-refractivity contribution in [2.75, 3.05) is 17.1 Å². The number of carboxylic acids is 1. The SMILES string of the molecule is CN(c1ccccn1)S(=O)(=O)c1ccc(N)cc1C(=O)O. The lowest BCUT2D eigenvalue weighted by molar-refractivity contribution is 0.0692. The Kier molecular flexibility index (Phi) is 3.81. The van der Waals surface area contributed by atoms with Gasteiger partial charge in [0.15, 0.2) is 0 Å². The maximum atomic E-state index is 12.6. The predicted molar refractivity (Wildman–Crippen MR) is 77.6 cm³/mol. The summed E-state index contributed by atoms with van der Waals surface area (Å²) in [7, 11) is -2.74. The van der Waals surface area contributed by atoms with E-state index in [-0.39, 0.29) is 22.0 Å². The third kappa shape index (κ3) is 2.79. The van der Waals surface area contributed by atoms with Gasteiger partial charge in [0.05, 0.1) is 5.56 Å². The Bertz CT molecular complexity index is 775. The molecule has 0 atom stereocenters. The molecular formula is C13H13N3O4S. The van der Waals surface area contributed by atoms with E-state index in [4.69, 9.17) is 10.8 Å². The van der Waals surface area contributed by atoms with Gasteiger partial charge in [-0.3, -0.25) is 4.31 Å². The van der Waals surface area contributed by atoms with Gasteiger partial charge in [0, 0.05) is 18.9 Å². The molecule has 0 bridgehead atoms. The van der Waals surface area contributed by atoms with Crippen LogP contribution in [0.15, 0.2) is 47.5 Å². The topological polar surface area (TPSA) is 114 Å². The van der Waals surface area contributed by atoms with Gasteiger partial charge in [-0.05, 0) is 30.3 Å². The number of aromatic carboxylic acids is 1. The second-order valence-corrected chi connectivity index (χ2v) is 6.16. The number of carboxylic acid groups (broad SMARTS) is 1. The molecule has 0 aliphatic rings. The zero-order valence-corrected chi connectivity index (χ0v) is 11.9. The summed E-state index contributed by atoms with van der Waals surface area (Å²) in [5.74, 6) is -1.18. The van der Waals surface area contributed by atoms with Crippen molar-refractivity contribution < 1.29 is 18.3 Å². The molecule has 0 aliphatic heterocycles. The van der Waals surface area contributed by atoms with Gasteiger partial charge in [-0.15, -0.1) is 0 Å². The first-order valence-electron chi connectivity index (χ1n) is 5.87. The third-order valence-corrected chi connectivity index (χ3v) is 4.66. The number of rotatable bonds is 4. The second-order valence-electron chi connectivity index (χ2n) is 4.22. The highest BCUT2D eigenvalue weighted by Crippen LogP contribution is 2.24. The van der Waals surface area contributed by atoms with E-state index in [0.29, 0.717) is 0 Å². The van der Waals surface area contributed by atoms with Gasteiger partial charge in [0.1, 0.15) is 10.7 Å². The lowest BCUT2D eigenvalue weighted by Gasteiger charge is -2.19. The minimum Gasteiger partial charge on any atom is -0.478 e. The molecule has 0 amide bonds. The number of hydrogen-bond donors (Lipinski definition) is 2. The van der Waals surface area contributed by atoms with Crippen molar-refractivity contribution in [2.24, 2.45) is 0 Å². The molecule has 2 rings (SSSR count). The van der Waals surface area contributed by atoms with Gasteiger partial charge in [0.25, 0.3) is 10.0 Å². The minimum absolute atomic E-state index is 0.173. The van der Waals surface area contributed by atoms with Gasteiger partial charge in [0.2, 0.25) is 0 Å². The molecule has 21 heavy (non-hydrogen) atoms. The van der Waals surface area contributed by atoms with Crippen molar-refractivity contribution in [3.63, 3.8) is 0 Å². The van der Waals surface area contributed by atoms with E-state index in [0.717, 1.165) is 10.4 Å². The van der Waals surface area contributed by atoms with Gasteiger partial charge in [-0.1, -0.05) is 6.07 Å². The number of sulfonamides is 1. The van der Waals surface area contributed by atoms with E-state index in [2.05, 4.69) is 4.98 Å². The molecule has 8 heteroatoms. The molecule has 0 saturated carbocycles. The molecule has 0 radical (unpaired) electrons. The van der Waals surface area contributed by atoms with Crippen LogP contribution in [0.2, 0.25) is 0 Å². The van der Waals surface area contributed by atoms with Crippen LogP contribution in [0.4, 0.5) is 11.5 Å². The normalized spacial score (nSPS) is 11.1. The van der Waals surface area contributed by atoms with Crippen LogP contribution in [-0.2, 0) is 10.0 Å². The smallest absolute Gasteiger partial charge is 0.337 e. The van der Waals surface area contributed by atoms with Gasteiger partial charge in [-0.25, -0.2) is 18.2 Å². The Balaban J connectivity index is 2.57. The zero-order valence-electron chi connectivity index (χ0n) is 11.1. The Hall–Kier alpha value is -2.61. The van der Waals surface area contributed by atoms with Crippen LogP contribution in [-0.4, -0.2) is 31.5 Å². The molecular weight excluding hydrogens is 294 g/mol. The highest BCUT2D eigenvalue weighted by Gasteiger charge is 2.27. The van der Waals surface area contributed by atoms with E-state index in [1.807, 2.05) is 0 Å². The Morgan fingerprint density at radius 1 is 1.29 bits per heavy atom. The zero-order chi connectivity index (χ0) is 15.6. The van der Waals surface area contributed by atoms with E-state index in [9.17, 15) is 13.2 Å². The summed E-state index contributed by atoms with van der Waals surface area (Å²) in [6.07, 6.45) is 1.45. The summed E-state index contributed by atoms with van der Waals surface area (Å²) in [4.78, 5) is 14.8. The molecule has 0 fully saturated rings. The van der Waals surface area contributed by atoms with Crippen LogP contribution in [0.1, 0.15) is 10.4 Å². The van der Waals surface area contributed by atoms with Gasteiger partial charge < -0.3 is 10.8 Å². The quantitative estimate of drug-likeness (QED) is 0.820. The third-order valence-electron chi connectivity index (χ3n) is 2.84. The minimum atomic E-state index is -4.05. The first kappa shape index (κ1) is 14.8. The van der Waals surface area contributed by atoms with E-state index < -0.39 is 16.0 Å². The summed E-state index contributed by atoms with van der Waals surface area (Å²) >= 11 is 0. The van der Waals surface area contributed by atoms with E-state index in [1.165, 1.54) is 31.4 Å². The monoisotopic (exact) mass is 307 g/mol. The average Bonchev–Trinajstić information content (AvgIpc) is 2.47. The number of benzene rings is 1. The lowest BCUT2D eigenvalue weighted by atomic mass is 10.2. The van der Waals surface area contributed by atoms with Crippen molar-refractivity contribution in [1.29, 1.82) is 0 Å². The number of nitrogens with two attached hydrogens (primary N) is 1. The Morgan fingerprint density at radius 3 is 2.57 bits per heavy atom. The Labute approximate surface area is 121 Å². The maximum Gasteiger partial charge on any atom is 0.337 e. The van der Waals surface area contributed by atoms with Crippen LogP contribution in [0.5, 0.6) is 0 Å². The number of aromatic nitrogens is 1. The first-order valence-corrected chi connectivity index (χ1v) is 7.31. The Morgan fingerprint density at radius 2 is 2.00 bits per heavy atom. The number of nitrogens with zero attached hydrogens (tertiary/aromatic N) is 2. The first-order chi connectivity index (χ1) is 9.84.